The molecule has 0 bridgehead atoms. The van der Waals surface area contributed by atoms with Gasteiger partial charge in [0.05, 0.1) is 5.02 Å². The minimum atomic E-state index is -0.0522. The van der Waals surface area contributed by atoms with Crippen LogP contribution in [0.5, 0.6) is 11.8 Å². The van der Waals surface area contributed by atoms with E-state index in [-0.39, 0.29) is 17.2 Å². The van der Waals surface area contributed by atoms with Crippen LogP contribution in [0.2, 0.25) is 15.3 Å². The SMILES string of the molecule is Clc1ccc(Cl)c(Oc2nc(Cl)nc(-n3cncn3)n2)c1. The van der Waals surface area contributed by atoms with Crippen LogP contribution in [0.25, 0.3) is 5.95 Å². The molecule has 2 aromatic heterocycles. The van der Waals surface area contributed by atoms with Gasteiger partial charge in [0, 0.05) is 11.1 Å². The fraction of sp³-hybridized carbons (Fsp3) is 0. The second kappa shape index (κ2) is 5.80. The second-order valence-electron chi connectivity index (χ2n) is 3.70. The van der Waals surface area contributed by atoms with E-state index in [1.54, 1.807) is 12.1 Å². The van der Waals surface area contributed by atoms with Crippen LogP contribution in [0.3, 0.4) is 0 Å². The normalized spacial score (nSPS) is 10.6. The predicted molar refractivity (Wildman–Crippen MR) is 76.3 cm³/mol. The van der Waals surface area contributed by atoms with Gasteiger partial charge in [-0.2, -0.15) is 24.7 Å². The van der Waals surface area contributed by atoms with Crippen molar-refractivity contribution in [1.82, 2.24) is 29.7 Å². The van der Waals surface area contributed by atoms with Crippen molar-refractivity contribution in [2.45, 2.75) is 0 Å². The van der Waals surface area contributed by atoms with Gasteiger partial charge in [0.25, 0.3) is 5.95 Å². The minimum Gasteiger partial charge on any atom is -0.422 e. The van der Waals surface area contributed by atoms with Gasteiger partial charge in [-0.1, -0.05) is 23.2 Å². The standard InChI is InChI=1S/C11H5Cl3N6O/c12-6-1-2-7(13)8(3-6)21-11-18-9(14)17-10(19-11)20-5-15-4-16-20/h1-5H. The molecule has 0 aliphatic rings. The van der Waals surface area contributed by atoms with Gasteiger partial charge in [0.15, 0.2) is 5.75 Å². The molecule has 2 heterocycles. The van der Waals surface area contributed by atoms with Crippen molar-refractivity contribution in [3.05, 3.63) is 46.2 Å². The highest BCUT2D eigenvalue weighted by atomic mass is 35.5. The molecule has 0 spiro atoms. The summed E-state index contributed by atoms with van der Waals surface area (Å²) < 4.78 is 6.80. The smallest absolute Gasteiger partial charge is 0.328 e. The monoisotopic (exact) mass is 342 g/mol. The number of ether oxygens (including phenoxy) is 1. The maximum atomic E-state index is 6.01. The fourth-order valence-electron chi connectivity index (χ4n) is 1.44. The highest BCUT2D eigenvalue weighted by Gasteiger charge is 2.11. The number of aromatic nitrogens is 6. The molecule has 3 rings (SSSR count). The van der Waals surface area contributed by atoms with Crippen LogP contribution in [0, 0.1) is 0 Å². The van der Waals surface area contributed by atoms with Gasteiger partial charge in [0.2, 0.25) is 5.28 Å². The van der Waals surface area contributed by atoms with Crippen LogP contribution >= 0.6 is 34.8 Å². The Morgan fingerprint density at radius 3 is 2.67 bits per heavy atom. The highest BCUT2D eigenvalue weighted by molar-refractivity contribution is 6.34. The van der Waals surface area contributed by atoms with Gasteiger partial charge in [-0.25, -0.2) is 4.98 Å². The summed E-state index contributed by atoms with van der Waals surface area (Å²) in [5, 5.41) is 4.67. The zero-order chi connectivity index (χ0) is 14.8. The van der Waals surface area contributed by atoms with Crippen molar-refractivity contribution in [3.8, 4) is 17.7 Å². The van der Waals surface area contributed by atoms with Crippen LogP contribution in [0.15, 0.2) is 30.9 Å². The van der Waals surface area contributed by atoms with Crippen molar-refractivity contribution in [2.75, 3.05) is 0 Å². The number of hydrogen-bond acceptors (Lipinski definition) is 6. The quantitative estimate of drug-likeness (QED) is 0.726. The summed E-state index contributed by atoms with van der Waals surface area (Å²) in [4.78, 5) is 15.7. The Balaban J connectivity index is 1.97. The topological polar surface area (TPSA) is 78.6 Å². The molecule has 0 aliphatic heterocycles. The predicted octanol–water partition coefficient (Wildman–Crippen LogP) is 3.20. The number of nitrogens with zero attached hydrogens (tertiary/aromatic N) is 6. The van der Waals surface area contributed by atoms with Crippen molar-refractivity contribution in [1.29, 1.82) is 0 Å². The molecule has 0 N–H and O–H groups in total. The largest absolute Gasteiger partial charge is 0.422 e. The lowest BCUT2D eigenvalue weighted by Gasteiger charge is -2.07. The molecule has 0 saturated carbocycles. The van der Waals surface area contributed by atoms with Crippen molar-refractivity contribution < 1.29 is 4.74 Å². The lowest BCUT2D eigenvalue weighted by molar-refractivity contribution is 0.437. The first-order valence-corrected chi connectivity index (χ1v) is 6.65. The third-order valence-corrected chi connectivity index (χ3v) is 3.01. The summed E-state index contributed by atoms with van der Waals surface area (Å²) in [6.45, 7) is 0. The van der Waals surface area contributed by atoms with Gasteiger partial charge in [-0.15, -0.1) is 0 Å². The minimum absolute atomic E-state index is 0.0373. The first kappa shape index (κ1) is 14.0. The molecular formula is C11H5Cl3N6O. The lowest BCUT2D eigenvalue weighted by atomic mass is 10.3. The number of rotatable bonds is 3. The van der Waals surface area contributed by atoms with E-state index < -0.39 is 0 Å². The average molecular weight is 344 g/mol. The molecular weight excluding hydrogens is 339 g/mol. The molecule has 0 radical (unpaired) electrons. The van der Waals surface area contributed by atoms with Crippen LogP contribution in [-0.2, 0) is 0 Å². The Labute approximate surface area is 133 Å². The fourth-order valence-corrected chi connectivity index (χ4v) is 1.90. The van der Waals surface area contributed by atoms with Gasteiger partial charge < -0.3 is 4.74 Å². The summed E-state index contributed by atoms with van der Waals surface area (Å²) in [6.07, 6.45) is 2.76. The first-order valence-electron chi connectivity index (χ1n) is 5.51. The van der Waals surface area contributed by atoms with E-state index in [0.717, 1.165) is 0 Å². The van der Waals surface area contributed by atoms with Crippen molar-refractivity contribution >= 4 is 34.8 Å². The molecule has 1 aromatic carbocycles. The molecule has 0 aliphatic carbocycles. The van der Waals surface area contributed by atoms with E-state index in [9.17, 15) is 0 Å². The number of benzene rings is 1. The van der Waals surface area contributed by atoms with Crippen molar-refractivity contribution in [3.63, 3.8) is 0 Å². The van der Waals surface area contributed by atoms with E-state index in [1.807, 2.05) is 0 Å². The molecule has 3 aromatic rings. The summed E-state index contributed by atoms with van der Waals surface area (Å²) in [5.74, 6) is 0.469. The van der Waals surface area contributed by atoms with Crippen LogP contribution in [0.1, 0.15) is 0 Å². The van der Waals surface area contributed by atoms with Gasteiger partial charge in [-0.05, 0) is 23.7 Å². The molecule has 10 heteroatoms. The molecule has 0 atom stereocenters. The summed E-state index contributed by atoms with van der Waals surface area (Å²) in [6, 6.07) is 4.74. The molecule has 7 nitrogen and oxygen atoms in total. The Hall–Kier alpha value is -1.96. The Morgan fingerprint density at radius 1 is 1.05 bits per heavy atom. The maximum absolute atomic E-state index is 6.01. The summed E-state index contributed by atoms with van der Waals surface area (Å²) >= 11 is 17.7. The average Bonchev–Trinajstić information content (AvgIpc) is 2.96. The molecule has 0 fully saturated rings. The first-order chi connectivity index (χ1) is 10.1. The Morgan fingerprint density at radius 2 is 1.90 bits per heavy atom. The summed E-state index contributed by atoms with van der Waals surface area (Å²) in [7, 11) is 0. The third-order valence-electron chi connectivity index (χ3n) is 2.29. The van der Waals surface area contributed by atoms with E-state index >= 15 is 0 Å². The van der Waals surface area contributed by atoms with Crippen molar-refractivity contribution in [2.24, 2.45) is 0 Å². The molecule has 0 unspecified atom stereocenters. The van der Waals surface area contributed by atoms with Gasteiger partial charge >= 0.3 is 6.01 Å². The van der Waals surface area contributed by atoms with Gasteiger partial charge in [-0.3, -0.25) is 0 Å². The summed E-state index contributed by atoms with van der Waals surface area (Å²) in [5.41, 5.74) is 0. The highest BCUT2D eigenvalue weighted by Crippen LogP contribution is 2.30. The van der Waals surface area contributed by atoms with Crippen LogP contribution < -0.4 is 4.74 Å². The number of halogens is 3. The zero-order valence-electron chi connectivity index (χ0n) is 10.1. The lowest BCUT2D eigenvalue weighted by Crippen LogP contribution is -2.05. The number of hydrogen-bond donors (Lipinski definition) is 0. The van der Waals surface area contributed by atoms with Gasteiger partial charge in [0.1, 0.15) is 12.7 Å². The molecule has 0 amide bonds. The van der Waals surface area contributed by atoms with E-state index in [0.29, 0.717) is 15.8 Å². The molecule has 21 heavy (non-hydrogen) atoms. The van der Waals surface area contributed by atoms with E-state index in [2.05, 4.69) is 25.0 Å². The van der Waals surface area contributed by atoms with Crippen LogP contribution in [0.4, 0.5) is 0 Å². The van der Waals surface area contributed by atoms with E-state index in [1.165, 1.54) is 23.4 Å². The van der Waals surface area contributed by atoms with Crippen LogP contribution in [-0.4, -0.2) is 29.7 Å². The molecule has 106 valence electrons. The third kappa shape index (κ3) is 3.21. The molecule has 0 saturated heterocycles. The zero-order valence-corrected chi connectivity index (χ0v) is 12.4. The maximum Gasteiger partial charge on any atom is 0.328 e. The Kier molecular flexibility index (Phi) is 3.87. The van der Waals surface area contributed by atoms with E-state index in [4.69, 9.17) is 39.5 Å². The Bertz CT molecular complexity index is 780. The second-order valence-corrected chi connectivity index (χ2v) is 4.89.